The van der Waals surface area contributed by atoms with Gasteiger partial charge >= 0.3 is 0 Å². The highest BCUT2D eigenvalue weighted by Crippen LogP contribution is 2.31. The van der Waals surface area contributed by atoms with Gasteiger partial charge < -0.3 is 5.73 Å². The van der Waals surface area contributed by atoms with Crippen molar-refractivity contribution in [2.45, 2.75) is 39.8 Å². The van der Waals surface area contributed by atoms with E-state index in [1.54, 1.807) is 11.3 Å². The van der Waals surface area contributed by atoms with Gasteiger partial charge in [0.05, 0.1) is 0 Å². The number of aromatic nitrogens is 1. The molecule has 2 N–H and O–H groups in total. The maximum atomic E-state index is 6.22. The molecule has 0 bridgehead atoms. The van der Waals surface area contributed by atoms with Gasteiger partial charge in [-0.1, -0.05) is 43.7 Å². The van der Waals surface area contributed by atoms with Crippen LogP contribution < -0.4 is 5.73 Å². The number of piperidine rings is 1. The van der Waals surface area contributed by atoms with Gasteiger partial charge in [-0.05, 0) is 18.8 Å². The number of thiazole rings is 1. The lowest BCUT2D eigenvalue weighted by atomic mass is 9.80. The molecule has 0 amide bonds. The first-order valence-corrected chi connectivity index (χ1v) is 8.75. The fourth-order valence-corrected chi connectivity index (χ4v) is 4.01. The molecule has 1 fully saturated rings. The number of nitrogens with two attached hydrogens (primary N) is 1. The van der Waals surface area contributed by atoms with Gasteiger partial charge in [-0.15, -0.1) is 11.3 Å². The second-order valence-electron chi connectivity index (χ2n) is 7.09. The minimum Gasteiger partial charge on any atom is -0.327 e. The van der Waals surface area contributed by atoms with E-state index in [1.165, 1.54) is 16.0 Å². The smallest absolute Gasteiger partial charge is 0.123 e. The van der Waals surface area contributed by atoms with Crippen molar-refractivity contribution in [3.8, 4) is 10.6 Å². The van der Waals surface area contributed by atoms with Crippen molar-refractivity contribution in [3.63, 3.8) is 0 Å². The van der Waals surface area contributed by atoms with E-state index >= 15 is 0 Å². The fraction of sp³-hybridized carbons (Fsp3) is 0.500. The van der Waals surface area contributed by atoms with Crippen LogP contribution in [0, 0.1) is 12.3 Å². The molecular formula is C18H25N3S. The fourth-order valence-electron chi connectivity index (χ4n) is 3.05. The average Bonchev–Trinajstić information content (AvgIpc) is 2.92. The van der Waals surface area contributed by atoms with Crippen LogP contribution in [0.25, 0.3) is 10.6 Å². The Kier molecular flexibility index (Phi) is 4.35. The number of likely N-dealkylation sites (tertiary alicyclic amines) is 1. The topological polar surface area (TPSA) is 42.2 Å². The minimum atomic E-state index is 0.197. The lowest BCUT2D eigenvalue weighted by Gasteiger charge is -2.42. The molecule has 1 saturated heterocycles. The summed E-state index contributed by atoms with van der Waals surface area (Å²) in [6, 6.07) is 8.91. The third-order valence-electron chi connectivity index (χ3n) is 4.62. The molecule has 22 heavy (non-hydrogen) atoms. The van der Waals surface area contributed by atoms with Crippen LogP contribution in [-0.4, -0.2) is 29.0 Å². The normalized spacial score (nSPS) is 21.9. The van der Waals surface area contributed by atoms with Crippen molar-refractivity contribution in [1.82, 2.24) is 9.88 Å². The van der Waals surface area contributed by atoms with Crippen molar-refractivity contribution in [3.05, 3.63) is 40.9 Å². The van der Waals surface area contributed by atoms with Crippen LogP contribution in [0.1, 0.15) is 30.7 Å². The number of benzene rings is 1. The molecule has 2 aromatic rings. The number of hydrogen-bond acceptors (Lipinski definition) is 4. The number of rotatable bonds is 3. The van der Waals surface area contributed by atoms with Gasteiger partial charge in [-0.25, -0.2) is 4.98 Å². The van der Waals surface area contributed by atoms with Gasteiger partial charge in [0.15, 0.2) is 0 Å². The van der Waals surface area contributed by atoms with Crippen LogP contribution in [0.15, 0.2) is 30.5 Å². The zero-order valence-corrected chi connectivity index (χ0v) is 14.5. The van der Waals surface area contributed by atoms with Gasteiger partial charge in [-0.3, -0.25) is 4.90 Å². The van der Waals surface area contributed by atoms with E-state index in [-0.39, 0.29) is 5.41 Å². The first-order chi connectivity index (χ1) is 10.4. The molecule has 1 aliphatic rings. The molecule has 4 heteroatoms. The summed E-state index contributed by atoms with van der Waals surface area (Å²) in [4.78, 5) is 8.44. The van der Waals surface area contributed by atoms with Crippen LogP contribution in [0.4, 0.5) is 0 Å². The van der Waals surface area contributed by atoms with Crippen LogP contribution in [0.3, 0.4) is 0 Å². The van der Waals surface area contributed by atoms with Crippen molar-refractivity contribution in [2.24, 2.45) is 11.1 Å². The predicted octanol–water partition coefficient (Wildman–Crippen LogP) is 3.68. The van der Waals surface area contributed by atoms with Crippen LogP contribution in [0.5, 0.6) is 0 Å². The van der Waals surface area contributed by atoms with Gasteiger partial charge in [0, 0.05) is 42.3 Å². The molecule has 1 atom stereocenters. The van der Waals surface area contributed by atoms with Gasteiger partial charge in [0.1, 0.15) is 5.01 Å². The molecule has 3 nitrogen and oxygen atoms in total. The summed E-state index contributed by atoms with van der Waals surface area (Å²) < 4.78 is 0. The molecule has 0 saturated carbocycles. The Bertz CT molecular complexity index is 630. The van der Waals surface area contributed by atoms with Gasteiger partial charge in [0.2, 0.25) is 0 Å². The molecule has 1 aliphatic heterocycles. The molecule has 0 spiro atoms. The molecule has 118 valence electrons. The third-order valence-corrected chi connectivity index (χ3v) is 5.65. The zero-order valence-electron chi connectivity index (χ0n) is 13.7. The molecule has 1 aromatic carbocycles. The Morgan fingerprint density at radius 3 is 2.73 bits per heavy atom. The average molecular weight is 315 g/mol. The standard InChI is InChI=1S/C18H25N3S/c1-13-4-6-14(7-5-13)17-20-10-15(22-17)11-21-9-8-16(19)18(2,3)12-21/h4-7,10,16H,8-9,11-12,19H2,1-3H3. The van der Waals surface area contributed by atoms with Gasteiger partial charge in [0.25, 0.3) is 0 Å². The van der Waals surface area contributed by atoms with Crippen LogP contribution in [-0.2, 0) is 6.54 Å². The Balaban J connectivity index is 1.68. The Hall–Kier alpha value is -1.23. The van der Waals surface area contributed by atoms with Crippen molar-refractivity contribution < 1.29 is 0 Å². The molecule has 0 radical (unpaired) electrons. The molecule has 0 aliphatic carbocycles. The number of nitrogens with zero attached hydrogens (tertiary/aromatic N) is 2. The SMILES string of the molecule is Cc1ccc(-c2ncc(CN3CCC(N)C(C)(C)C3)s2)cc1. The lowest BCUT2D eigenvalue weighted by Crippen LogP contribution is -2.51. The van der Waals surface area contributed by atoms with Crippen LogP contribution in [0.2, 0.25) is 0 Å². The van der Waals surface area contributed by atoms with E-state index in [1.807, 2.05) is 6.20 Å². The summed E-state index contributed by atoms with van der Waals surface area (Å²) in [5.41, 5.74) is 8.92. The number of hydrogen-bond donors (Lipinski definition) is 1. The molecule has 3 rings (SSSR count). The van der Waals surface area contributed by atoms with E-state index in [9.17, 15) is 0 Å². The van der Waals surface area contributed by atoms with Crippen molar-refractivity contribution in [2.75, 3.05) is 13.1 Å². The van der Waals surface area contributed by atoms with Crippen molar-refractivity contribution >= 4 is 11.3 Å². The van der Waals surface area contributed by atoms with E-state index in [0.29, 0.717) is 6.04 Å². The Morgan fingerprint density at radius 1 is 1.32 bits per heavy atom. The summed E-state index contributed by atoms with van der Waals surface area (Å²) in [6.07, 6.45) is 3.11. The molecular weight excluding hydrogens is 290 g/mol. The molecule has 1 aromatic heterocycles. The second-order valence-corrected chi connectivity index (χ2v) is 8.21. The molecule has 2 heterocycles. The maximum Gasteiger partial charge on any atom is 0.123 e. The Morgan fingerprint density at radius 2 is 2.05 bits per heavy atom. The maximum absolute atomic E-state index is 6.22. The van der Waals surface area contributed by atoms with E-state index < -0.39 is 0 Å². The monoisotopic (exact) mass is 315 g/mol. The molecule has 1 unspecified atom stereocenters. The summed E-state index contributed by atoms with van der Waals surface area (Å²) in [5, 5.41) is 1.11. The summed E-state index contributed by atoms with van der Waals surface area (Å²) >= 11 is 1.80. The van der Waals surface area contributed by atoms with E-state index in [4.69, 9.17) is 5.73 Å². The Labute approximate surface area is 137 Å². The highest BCUT2D eigenvalue weighted by molar-refractivity contribution is 7.15. The summed E-state index contributed by atoms with van der Waals surface area (Å²) in [6.45, 7) is 9.79. The predicted molar refractivity (Wildman–Crippen MR) is 93.9 cm³/mol. The first kappa shape index (κ1) is 15.7. The largest absolute Gasteiger partial charge is 0.327 e. The van der Waals surface area contributed by atoms with Gasteiger partial charge in [-0.2, -0.15) is 0 Å². The third kappa shape index (κ3) is 3.40. The quantitative estimate of drug-likeness (QED) is 0.939. The lowest BCUT2D eigenvalue weighted by molar-refractivity contribution is 0.0906. The van der Waals surface area contributed by atoms with Crippen molar-refractivity contribution in [1.29, 1.82) is 0 Å². The zero-order chi connectivity index (χ0) is 15.7. The second kappa shape index (κ2) is 6.11. The summed E-state index contributed by atoms with van der Waals surface area (Å²) in [5.74, 6) is 0. The summed E-state index contributed by atoms with van der Waals surface area (Å²) in [7, 11) is 0. The van der Waals surface area contributed by atoms with Crippen LogP contribution >= 0.6 is 11.3 Å². The van der Waals surface area contributed by atoms with E-state index in [0.717, 1.165) is 31.1 Å². The highest BCUT2D eigenvalue weighted by Gasteiger charge is 2.33. The first-order valence-electron chi connectivity index (χ1n) is 7.94. The highest BCUT2D eigenvalue weighted by atomic mass is 32.1. The van der Waals surface area contributed by atoms with E-state index in [2.05, 4.69) is 54.9 Å². The minimum absolute atomic E-state index is 0.197. The number of aryl methyl sites for hydroxylation is 1.